The average Bonchev–Trinajstić information content (AvgIpc) is 3.35. The fourth-order valence-electron chi connectivity index (χ4n) is 4.70. The molecule has 0 radical (unpaired) electrons. The molecule has 1 amide bonds. The van der Waals surface area contributed by atoms with Gasteiger partial charge >= 0.3 is 0 Å². The standard InChI is InChI=1S/C23H26ClN3O2S/c1-15(28)27-11-6-17-12-19(30-22(17)14-27)7-10-26-8-4-16(5-9-26)23-20-13-18(24)2-3-21(20)29-25-23/h2-3,12-13,16H,4-11,14H2,1H3. The van der Waals surface area contributed by atoms with E-state index in [1.54, 1.807) is 6.92 Å². The summed E-state index contributed by atoms with van der Waals surface area (Å²) in [7, 11) is 0. The third-order valence-electron chi connectivity index (χ3n) is 6.49. The van der Waals surface area contributed by atoms with E-state index in [-0.39, 0.29) is 5.91 Å². The first-order valence-electron chi connectivity index (χ1n) is 10.7. The highest BCUT2D eigenvalue weighted by Gasteiger charge is 2.26. The monoisotopic (exact) mass is 443 g/mol. The number of piperidine rings is 1. The number of amides is 1. The first-order chi connectivity index (χ1) is 14.6. The fourth-order valence-corrected chi connectivity index (χ4v) is 6.09. The van der Waals surface area contributed by atoms with Gasteiger partial charge in [0.05, 0.1) is 12.2 Å². The molecule has 5 nitrogen and oxygen atoms in total. The van der Waals surface area contributed by atoms with Crippen molar-refractivity contribution in [3.05, 3.63) is 50.3 Å². The summed E-state index contributed by atoms with van der Waals surface area (Å²) >= 11 is 8.07. The number of nitrogens with zero attached hydrogens (tertiary/aromatic N) is 3. The molecular formula is C23H26ClN3O2S. The van der Waals surface area contributed by atoms with E-state index in [2.05, 4.69) is 16.1 Å². The van der Waals surface area contributed by atoms with E-state index in [0.29, 0.717) is 5.92 Å². The van der Waals surface area contributed by atoms with E-state index in [9.17, 15) is 4.79 Å². The molecule has 0 unspecified atom stereocenters. The third kappa shape index (κ3) is 4.01. The van der Waals surface area contributed by atoms with Crippen molar-refractivity contribution >= 4 is 39.8 Å². The zero-order chi connectivity index (χ0) is 20.7. The van der Waals surface area contributed by atoms with Gasteiger partial charge in [0.2, 0.25) is 5.91 Å². The molecule has 1 saturated heterocycles. The predicted molar refractivity (Wildman–Crippen MR) is 120 cm³/mol. The first-order valence-corrected chi connectivity index (χ1v) is 11.9. The Balaban J connectivity index is 1.16. The Labute approximate surface area is 185 Å². The second-order valence-corrected chi connectivity index (χ2v) is 10.1. The minimum atomic E-state index is 0.181. The quantitative estimate of drug-likeness (QED) is 0.577. The minimum absolute atomic E-state index is 0.181. The van der Waals surface area contributed by atoms with Crippen molar-refractivity contribution < 1.29 is 9.32 Å². The molecule has 5 rings (SSSR count). The van der Waals surface area contributed by atoms with Gasteiger partial charge in [-0.05, 0) is 68.6 Å². The van der Waals surface area contributed by atoms with Crippen molar-refractivity contribution in [3.63, 3.8) is 0 Å². The maximum Gasteiger partial charge on any atom is 0.219 e. The summed E-state index contributed by atoms with van der Waals surface area (Å²) in [4.78, 5) is 19.0. The van der Waals surface area contributed by atoms with Gasteiger partial charge in [0.25, 0.3) is 0 Å². The number of hydrogen-bond acceptors (Lipinski definition) is 5. The number of aromatic nitrogens is 1. The SMILES string of the molecule is CC(=O)N1CCc2cc(CCN3CCC(c4noc5ccc(Cl)cc45)CC3)sc2C1. The number of carbonyl (C=O) groups excluding carboxylic acids is 1. The van der Waals surface area contributed by atoms with Crippen LogP contribution in [0.15, 0.2) is 28.8 Å². The average molecular weight is 444 g/mol. The molecule has 30 heavy (non-hydrogen) atoms. The number of benzene rings is 1. The van der Waals surface area contributed by atoms with Gasteiger partial charge in [-0.15, -0.1) is 11.3 Å². The van der Waals surface area contributed by atoms with Gasteiger partial charge < -0.3 is 14.3 Å². The molecular weight excluding hydrogens is 418 g/mol. The van der Waals surface area contributed by atoms with Crippen molar-refractivity contribution in [2.45, 2.75) is 45.1 Å². The molecule has 1 fully saturated rings. The Bertz CT molecular complexity index is 1070. The Kier molecular flexibility index (Phi) is 5.56. The molecule has 1 aromatic carbocycles. The molecule has 2 aromatic heterocycles. The van der Waals surface area contributed by atoms with Crippen LogP contribution in [0.4, 0.5) is 0 Å². The number of halogens is 1. The molecule has 7 heteroatoms. The van der Waals surface area contributed by atoms with Gasteiger partial charge in [0.15, 0.2) is 5.58 Å². The van der Waals surface area contributed by atoms with E-state index in [1.165, 1.54) is 15.3 Å². The normalized spacial score (nSPS) is 18.1. The topological polar surface area (TPSA) is 49.6 Å². The van der Waals surface area contributed by atoms with Crippen molar-refractivity contribution in [2.24, 2.45) is 0 Å². The summed E-state index contributed by atoms with van der Waals surface area (Å²) in [5.74, 6) is 0.619. The second-order valence-electron chi connectivity index (χ2n) is 8.43. The maximum atomic E-state index is 11.7. The van der Waals surface area contributed by atoms with Gasteiger partial charge in [-0.25, -0.2) is 0 Å². The van der Waals surface area contributed by atoms with Crippen LogP contribution in [0.3, 0.4) is 0 Å². The molecule has 4 heterocycles. The molecule has 0 aliphatic carbocycles. The first kappa shape index (κ1) is 20.0. The number of carbonyl (C=O) groups is 1. The van der Waals surface area contributed by atoms with Crippen LogP contribution < -0.4 is 0 Å². The van der Waals surface area contributed by atoms with Crippen LogP contribution in [-0.4, -0.2) is 47.0 Å². The number of fused-ring (bicyclic) bond motifs is 2. The smallest absolute Gasteiger partial charge is 0.219 e. The molecule has 3 aromatic rings. The molecule has 0 N–H and O–H groups in total. The van der Waals surface area contributed by atoms with Gasteiger partial charge in [-0.3, -0.25) is 4.79 Å². The van der Waals surface area contributed by atoms with Crippen molar-refractivity contribution in [1.82, 2.24) is 15.0 Å². The van der Waals surface area contributed by atoms with Crippen LogP contribution in [0.2, 0.25) is 5.02 Å². The maximum absolute atomic E-state index is 11.7. The summed E-state index contributed by atoms with van der Waals surface area (Å²) in [6.45, 7) is 6.57. The Morgan fingerprint density at radius 3 is 2.90 bits per heavy atom. The minimum Gasteiger partial charge on any atom is -0.356 e. The van der Waals surface area contributed by atoms with E-state index >= 15 is 0 Å². The lowest BCUT2D eigenvalue weighted by atomic mass is 9.91. The summed E-state index contributed by atoms with van der Waals surface area (Å²) in [5, 5.41) is 6.15. The van der Waals surface area contributed by atoms with E-state index in [0.717, 1.165) is 80.1 Å². The van der Waals surface area contributed by atoms with E-state index in [4.69, 9.17) is 16.1 Å². The Morgan fingerprint density at radius 2 is 2.10 bits per heavy atom. The van der Waals surface area contributed by atoms with Crippen molar-refractivity contribution in [1.29, 1.82) is 0 Å². The van der Waals surface area contributed by atoms with Crippen molar-refractivity contribution in [2.75, 3.05) is 26.2 Å². The zero-order valence-corrected chi connectivity index (χ0v) is 18.8. The lowest BCUT2D eigenvalue weighted by molar-refractivity contribution is -0.129. The highest BCUT2D eigenvalue weighted by molar-refractivity contribution is 7.12. The lowest BCUT2D eigenvalue weighted by Crippen LogP contribution is -2.34. The van der Waals surface area contributed by atoms with Crippen LogP contribution in [0.5, 0.6) is 0 Å². The van der Waals surface area contributed by atoms with Crippen LogP contribution in [0.1, 0.15) is 46.7 Å². The van der Waals surface area contributed by atoms with Crippen LogP contribution in [0, 0.1) is 0 Å². The molecule has 0 bridgehead atoms. The number of thiophene rings is 1. The van der Waals surface area contributed by atoms with Gasteiger partial charge in [0, 0.05) is 46.1 Å². The second kappa shape index (κ2) is 8.33. The molecule has 2 aliphatic rings. The summed E-state index contributed by atoms with van der Waals surface area (Å²) in [5.41, 5.74) is 3.33. The fraction of sp³-hybridized carbons (Fsp3) is 0.478. The largest absolute Gasteiger partial charge is 0.356 e. The molecule has 158 valence electrons. The highest BCUT2D eigenvalue weighted by atomic mass is 35.5. The molecule has 2 aliphatic heterocycles. The summed E-state index contributed by atoms with van der Waals surface area (Å²) in [6, 6.07) is 8.09. The van der Waals surface area contributed by atoms with Crippen molar-refractivity contribution in [3.8, 4) is 0 Å². The predicted octanol–water partition coefficient (Wildman–Crippen LogP) is 4.87. The molecule has 0 atom stereocenters. The Hall–Kier alpha value is -1.89. The van der Waals surface area contributed by atoms with Crippen LogP contribution >= 0.6 is 22.9 Å². The van der Waals surface area contributed by atoms with Crippen LogP contribution in [-0.2, 0) is 24.2 Å². The number of rotatable bonds is 4. The molecule has 0 spiro atoms. The van der Waals surface area contributed by atoms with E-state index < -0.39 is 0 Å². The third-order valence-corrected chi connectivity index (χ3v) is 7.94. The number of hydrogen-bond donors (Lipinski definition) is 0. The van der Waals surface area contributed by atoms with Gasteiger partial charge in [-0.1, -0.05) is 16.8 Å². The van der Waals surface area contributed by atoms with Gasteiger partial charge in [0.1, 0.15) is 0 Å². The lowest BCUT2D eigenvalue weighted by Gasteiger charge is -2.31. The zero-order valence-electron chi connectivity index (χ0n) is 17.2. The highest BCUT2D eigenvalue weighted by Crippen LogP contribution is 2.34. The summed E-state index contributed by atoms with van der Waals surface area (Å²) in [6.07, 6.45) is 4.28. The molecule has 0 saturated carbocycles. The van der Waals surface area contributed by atoms with Crippen LogP contribution in [0.25, 0.3) is 11.0 Å². The number of likely N-dealkylation sites (tertiary alicyclic amines) is 1. The summed E-state index contributed by atoms with van der Waals surface area (Å²) < 4.78 is 5.51. The van der Waals surface area contributed by atoms with E-state index in [1.807, 2.05) is 34.4 Å². The Morgan fingerprint density at radius 1 is 1.27 bits per heavy atom. The van der Waals surface area contributed by atoms with Gasteiger partial charge in [-0.2, -0.15) is 0 Å².